The summed E-state index contributed by atoms with van der Waals surface area (Å²) in [5.74, 6) is -1.70. The maximum absolute atomic E-state index is 12.8. The number of thioether (sulfide) groups is 1. The highest BCUT2D eigenvalue weighted by atomic mass is 32.2. The van der Waals surface area contributed by atoms with Crippen LogP contribution >= 0.6 is 11.8 Å². The van der Waals surface area contributed by atoms with Crippen molar-refractivity contribution in [2.45, 2.75) is 25.8 Å². The normalized spacial score (nSPS) is 12.8. The summed E-state index contributed by atoms with van der Waals surface area (Å²) in [6.45, 7) is 1.44. The Morgan fingerprint density at radius 2 is 1.57 bits per heavy atom. The lowest BCUT2D eigenvalue weighted by Crippen LogP contribution is -2.46. The number of aromatic hydroxyl groups is 1. The van der Waals surface area contributed by atoms with E-state index in [0.717, 1.165) is 17.3 Å². The van der Waals surface area contributed by atoms with Crippen molar-refractivity contribution in [2.75, 3.05) is 5.75 Å². The molecule has 0 aliphatic rings. The molecule has 6 nitrogen and oxygen atoms in total. The lowest BCUT2D eigenvalue weighted by molar-refractivity contribution is -0.142. The van der Waals surface area contributed by atoms with E-state index in [-0.39, 0.29) is 23.0 Å². The zero-order chi connectivity index (χ0) is 20.5. The Bertz CT molecular complexity index is 807. The molecule has 7 heteroatoms. The largest absolute Gasteiger partial charge is 0.508 e. The van der Waals surface area contributed by atoms with E-state index in [1.54, 1.807) is 12.1 Å². The molecule has 0 saturated heterocycles. The molecule has 0 aliphatic carbocycles. The van der Waals surface area contributed by atoms with Crippen molar-refractivity contribution in [3.63, 3.8) is 0 Å². The van der Waals surface area contributed by atoms with Crippen LogP contribution in [0.3, 0.4) is 0 Å². The molecule has 0 saturated carbocycles. The Labute approximate surface area is 168 Å². The average molecular weight is 401 g/mol. The van der Waals surface area contributed by atoms with Gasteiger partial charge in [-0.1, -0.05) is 54.2 Å². The molecule has 0 aromatic heterocycles. The molecule has 0 heterocycles. The highest BCUT2D eigenvalue weighted by molar-refractivity contribution is 8.13. The predicted molar refractivity (Wildman–Crippen MR) is 108 cm³/mol. The van der Waals surface area contributed by atoms with Crippen molar-refractivity contribution >= 4 is 28.8 Å². The van der Waals surface area contributed by atoms with Gasteiger partial charge in [0.2, 0.25) is 5.91 Å². The van der Waals surface area contributed by atoms with Crippen LogP contribution in [0.15, 0.2) is 54.6 Å². The molecule has 2 aromatic carbocycles. The van der Waals surface area contributed by atoms with Gasteiger partial charge in [-0.25, -0.2) is 4.79 Å². The lowest BCUT2D eigenvalue weighted by atomic mass is 9.99. The van der Waals surface area contributed by atoms with Gasteiger partial charge in [-0.2, -0.15) is 0 Å². The van der Waals surface area contributed by atoms with Gasteiger partial charge in [0.25, 0.3) is 0 Å². The molecule has 0 fully saturated rings. The van der Waals surface area contributed by atoms with Crippen molar-refractivity contribution in [1.29, 1.82) is 0 Å². The monoisotopic (exact) mass is 401 g/mol. The number of phenols is 1. The van der Waals surface area contributed by atoms with Gasteiger partial charge in [0, 0.05) is 19.1 Å². The summed E-state index contributed by atoms with van der Waals surface area (Å²) >= 11 is 1.05. The summed E-state index contributed by atoms with van der Waals surface area (Å²) in [6, 6.07) is 14.5. The number of aliphatic carboxylic acids is 1. The number of carbonyl (C=O) groups excluding carboxylic acids is 2. The summed E-state index contributed by atoms with van der Waals surface area (Å²) in [5, 5.41) is 21.4. The number of benzene rings is 2. The van der Waals surface area contributed by atoms with Crippen LogP contribution in [0, 0.1) is 5.92 Å². The number of phenolic OH excluding ortho intramolecular Hbond substituents is 1. The molecule has 0 unspecified atom stereocenters. The Balaban J connectivity index is 2.09. The van der Waals surface area contributed by atoms with E-state index < -0.39 is 23.8 Å². The first-order valence-corrected chi connectivity index (χ1v) is 9.82. The molecule has 2 aromatic rings. The molecule has 3 N–H and O–H groups in total. The smallest absolute Gasteiger partial charge is 0.326 e. The minimum Gasteiger partial charge on any atom is -0.508 e. The third-order valence-electron chi connectivity index (χ3n) is 4.17. The van der Waals surface area contributed by atoms with Crippen LogP contribution < -0.4 is 5.32 Å². The number of hydrogen-bond acceptors (Lipinski definition) is 5. The first-order chi connectivity index (χ1) is 13.3. The predicted octanol–water partition coefficient (Wildman–Crippen LogP) is 2.64. The van der Waals surface area contributed by atoms with Crippen LogP contribution in [0.1, 0.15) is 18.1 Å². The SMILES string of the molecule is CC(=O)SC[C@@H](Cc1ccccc1)C(=O)N[C@@H](Cc1ccc(O)cc1)C(=O)O. The topological polar surface area (TPSA) is 104 Å². The fourth-order valence-corrected chi connectivity index (χ4v) is 3.41. The molecule has 0 bridgehead atoms. The molecule has 148 valence electrons. The molecule has 2 atom stereocenters. The van der Waals surface area contributed by atoms with Gasteiger partial charge in [-0.15, -0.1) is 0 Å². The minimum atomic E-state index is -1.14. The van der Waals surface area contributed by atoms with E-state index >= 15 is 0 Å². The highest BCUT2D eigenvalue weighted by Gasteiger charge is 2.26. The minimum absolute atomic E-state index is 0.0869. The van der Waals surface area contributed by atoms with Crippen molar-refractivity contribution in [3.8, 4) is 5.75 Å². The molecule has 0 radical (unpaired) electrons. The summed E-state index contributed by atoms with van der Waals surface area (Å²) in [7, 11) is 0. The third kappa shape index (κ3) is 7.08. The quantitative estimate of drug-likeness (QED) is 0.597. The Kier molecular flexibility index (Phi) is 8.07. The van der Waals surface area contributed by atoms with Gasteiger partial charge < -0.3 is 15.5 Å². The van der Waals surface area contributed by atoms with Gasteiger partial charge in [0.15, 0.2) is 5.12 Å². The second kappa shape index (κ2) is 10.5. The standard InChI is InChI=1S/C21H23NO5S/c1-14(23)28-13-17(11-15-5-3-2-4-6-15)20(25)22-19(21(26)27)12-16-7-9-18(24)10-8-16/h2-10,17,19,24H,11-13H2,1H3,(H,22,25)(H,26,27)/t17-,19+/m1/s1. The summed E-state index contributed by atoms with van der Waals surface area (Å²) < 4.78 is 0. The van der Waals surface area contributed by atoms with E-state index in [1.807, 2.05) is 30.3 Å². The Morgan fingerprint density at radius 1 is 0.964 bits per heavy atom. The van der Waals surface area contributed by atoms with Crippen molar-refractivity contribution < 1.29 is 24.6 Å². The molecule has 0 aliphatic heterocycles. The van der Waals surface area contributed by atoms with Crippen LogP contribution in [0.4, 0.5) is 0 Å². The lowest BCUT2D eigenvalue weighted by Gasteiger charge is -2.20. The Hall–Kier alpha value is -2.80. The first kappa shape index (κ1) is 21.5. The van der Waals surface area contributed by atoms with Gasteiger partial charge in [-0.3, -0.25) is 9.59 Å². The molecule has 1 amide bonds. The maximum Gasteiger partial charge on any atom is 0.326 e. The van der Waals surface area contributed by atoms with Crippen LogP contribution in [-0.4, -0.2) is 39.0 Å². The van der Waals surface area contributed by atoms with E-state index in [4.69, 9.17) is 0 Å². The molecule has 28 heavy (non-hydrogen) atoms. The van der Waals surface area contributed by atoms with Crippen molar-refractivity contribution in [2.24, 2.45) is 5.92 Å². The Morgan fingerprint density at radius 3 is 2.14 bits per heavy atom. The van der Waals surface area contributed by atoms with Crippen LogP contribution in [0.2, 0.25) is 0 Å². The molecule has 0 spiro atoms. The number of carbonyl (C=O) groups is 3. The van der Waals surface area contributed by atoms with Gasteiger partial charge >= 0.3 is 5.97 Å². The van der Waals surface area contributed by atoms with Gasteiger partial charge in [-0.05, 0) is 29.7 Å². The van der Waals surface area contributed by atoms with Crippen LogP contribution in [0.5, 0.6) is 5.75 Å². The first-order valence-electron chi connectivity index (χ1n) is 8.83. The highest BCUT2D eigenvalue weighted by Crippen LogP contribution is 2.17. The third-order valence-corrected chi connectivity index (χ3v) is 5.15. The zero-order valence-electron chi connectivity index (χ0n) is 15.5. The van der Waals surface area contributed by atoms with E-state index in [0.29, 0.717) is 12.0 Å². The van der Waals surface area contributed by atoms with Crippen LogP contribution in [-0.2, 0) is 27.2 Å². The van der Waals surface area contributed by atoms with Crippen molar-refractivity contribution in [3.05, 3.63) is 65.7 Å². The fraction of sp³-hybridized carbons (Fsp3) is 0.286. The fourth-order valence-electron chi connectivity index (χ4n) is 2.70. The van der Waals surface area contributed by atoms with E-state index in [1.165, 1.54) is 19.1 Å². The van der Waals surface area contributed by atoms with Crippen molar-refractivity contribution in [1.82, 2.24) is 5.32 Å². The van der Waals surface area contributed by atoms with E-state index in [2.05, 4.69) is 5.32 Å². The maximum atomic E-state index is 12.8. The number of carboxylic acid groups (broad SMARTS) is 1. The number of hydrogen-bond donors (Lipinski definition) is 3. The second-order valence-corrected chi connectivity index (χ2v) is 7.66. The van der Waals surface area contributed by atoms with E-state index in [9.17, 15) is 24.6 Å². The number of carboxylic acids is 1. The molecular formula is C21H23NO5S. The number of nitrogens with one attached hydrogen (secondary N) is 1. The summed E-state index contributed by atoms with van der Waals surface area (Å²) in [4.78, 5) is 35.7. The van der Waals surface area contributed by atoms with Gasteiger partial charge in [0.1, 0.15) is 11.8 Å². The second-order valence-electron chi connectivity index (χ2n) is 6.46. The van der Waals surface area contributed by atoms with Crippen LogP contribution in [0.25, 0.3) is 0 Å². The molecule has 2 rings (SSSR count). The zero-order valence-corrected chi connectivity index (χ0v) is 16.3. The average Bonchev–Trinajstić information content (AvgIpc) is 2.66. The summed E-state index contributed by atoms with van der Waals surface area (Å²) in [5.41, 5.74) is 1.63. The summed E-state index contributed by atoms with van der Waals surface area (Å²) in [6.07, 6.45) is 0.512. The molecular weight excluding hydrogens is 378 g/mol. The number of rotatable bonds is 9. The van der Waals surface area contributed by atoms with Gasteiger partial charge in [0.05, 0.1) is 5.92 Å². The number of amides is 1.